The van der Waals surface area contributed by atoms with Crippen LogP contribution in [0.2, 0.25) is 0 Å². The minimum Gasteiger partial charge on any atom is -0.473 e. The second-order valence-corrected chi connectivity index (χ2v) is 8.24. The summed E-state index contributed by atoms with van der Waals surface area (Å²) < 4.78 is 4.58. The highest BCUT2D eigenvalue weighted by molar-refractivity contribution is 7.07. The number of furan rings is 1. The van der Waals surface area contributed by atoms with E-state index in [-0.39, 0.29) is 0 Å². The van der Waals surface area contributed by atoms with Gasteiger partial charge in [0.25, 0.3) is 0 Å². The first kappa shape index (κ1) is 54.1. The summed E-state index contributed by atoms with van der Waals surface area (Å²) in [5.41, 5.74) is 0. The number of thiophene rings is 1. The monoisotopic (exact) mass is 638 g/mol. The van der Waals surface area contributed by atoms with E-state index < -0.39 is 0 Å². The summed E-state index contributed by atoms with van der Waals surface area (Å²) in [5.74, 6) is 33.8. The molecular formula is C44H62OS. The Morgan fingerprint density at radius 2 is 0.565 bits per heavy atom. The van der Waals surface area contributed by atoms with Crippen molar-refractivity contribution in [1.82, 2.24) is 0 Å². The van der Waals surface area contributed by atoms with E-state index in [9.17, 15) is 0 Å². The molecule has 3 aromatic rings. The van der Waals surface area contributed by atoms with Crippen LogP contribution in [0.1, 0.15) is 122 Å². The first-order chi connectivity index (χ1) is 22.5. The molecule has 0 bridgehead atoms. The fraction of sp³-hybridized carbons (Fsp3) is 0.409. The van der Waals surface area contributed by atoms with Gasteiger partial charge >= 0.3 is 0 Å². The standard InChI is InChI=1S/C6H6.6C5H8.C4H4O.C4H4S/c1-2-4-6-5-3-1;6*1-3-5-4-2;2*1-2-4-5-3-1/h1-6H;6*3H2,1-2H3;2*1-4H. The molecule has 0 aliphatic rings. The summed E-state index contributed by atoms with van der Waals surface area (Å²) in [5, 5.41) is 4.08. The van der Waals surface area contributed by atoms with Gasteiger partial charge in [0.2, 0.25) is 0 Å². The zero-order valence-corrected chi connectivity index (χ0v) is 32.0. The largest absolute Gasteiger partial charge is 0.473 e. The molecule has 2 aromatic heterocycles. The second kappa shape index (κ2) is 72.6. The van der Waals surface area contributed by atoms with Crippen LogP contribution >= 0.6 is 11.3 Å². The van der Waals surface area contributed by atoms with Crippen molar-refractivity contribution in [3.63, 3.8) is 0 Å². The Labute approximate surface area is 291 Å². The number of benzene rings is 1. The van der Waals surface area contributed by atoms with Gasteiger partial charge in [-0.25, -0.2) is 0 Å². The lowest BCUT2D eigenvalue weighted by molar-refractivity contribution is 0.567. The Morgan fingerprint density at radius 1 is 0.348 bits per heavy atom. The van der Waals surface area contributed by atoms with Crippen LogP contribution in [0.15, 0.2) is 88.4 Å². The first-order valence-electron chi connectivity index (χ1n) is 15.8. The maximum absolute atomic E-state index is 4.58. The SMILES string of the molecule is CC#CCC.CC#CCC.CC#CCC.CC#CCC.CC#CCC.CC#CCC.c1ccccc1.c1ccoc1.c1ccsc1. The van der Waals surface area contributed by atoms with E-state index in [4.69, 9.17) is 0 Å². The minimum absolute atomic E-state index is 0.983. The van der Waals surface area contributed by atoms with Crippen molar-refractivity contribution in [2.45, 2.75) is 122 Å². The molecule has 0 saturated carbocycles. The zero-order chi connectivity index (χ0) is 36.0. The summed E-state index contributed by atoms with van der Waals surface area (Å²) in [4.78, 5) is 0. The van der Waals surface area contributed by atoms with Gasteiger partial charge in [0.1, 0.15) is 0 Å². The normalized spacial score (nSPS) is 6.17. The predicted octanol–water partition coefficient (Wildman–Crippen LogP) is 13.2. The van der Waals surface area contributed by atoms with Gasteiger partial charge in [-0.05, 0) is 64.4 Å². The summed E-state index contributed by atoms with van der Waals surface area (Å²) in [6.07, 6.45) is 9.15. The lowest BCUT2D eigenvalue weighted by Gasteiger charge is -1.69. The van der Waals surface area contributed by atoms with Gasteiger partial charge in [-0.15, -0.1) is 71.0 Å². The molecule has 0 aliphatic heterocycles. The fourth-order valence-electron chi connectivity index (χ4n) is 1.90. The molecule has 0 saturated heterocycles. The number of hydrogen-bond donors (Lipinski definition) is 0. The lowest BCUT2D eigenvalue weighted by Crippen LogP contribution is -1.47. The molecule has 1 nitrogen and oxygen atoms in total. The molecule has 46 heavy (non-hydrogen) atoms. The zero-order valence-electron chi connectivity index (χ0n) is 31.1. The number of rotatable bonds is 0. The summed E-state index contributed by atoms with van der Waals surface area (Å²) in [7, 11) is 0. The molecule has 3 rings (SSSR count). The van der Waals surface area contributed by atoms with E-state index in [0.29, 0.717) is 0 Å². The molecular weight excluding hydrogens is 577 g/mol. The third kappa shape index (κ3) is 106. The molecule has 2 heteroatoms. The van der Waals surface area contributed by atoms with Crippen LogP contribution in [-0.4, -0.2) is 0 Å². The van der Waals surface area contributed by atoms with Crippen LogP contribution < -0.4 is 0 Å². The summed E-state index contributed by atoms with van der Waals surface area (Å²) in [6, 6.07) is 19.7. The van der Waals surface area contributed by atoms with E-state index in [2.05, 4.69) is 75.5 Å². The second-order valence-electron chi connectivity index (χ2n) is 7.42. The highest BCUT2D eigenvalue weighted by Crippen LogP contribution is 1.91. The predicted molar refractivity (Wildman–Crippen MR) is 212 cm³/mol. The van der Waals surface area contributed by atoms with Gasteiger partial charge in [0, 0.05) is 38.5 Å². The van der Waals surface area contributed by atoms with E-state index in [1.807, 2.05) is 155 Å². The molecule has 0 aliphatic carbocycles. The summed E-state index contributed by atoms with van der Waals surface area (Å²) in [6.45, 7) is 23.3. The molecule has 0 atom stereocenters. The van der Waals surface area contributed by atoms with E-state index in [1.165, 1.54) is 0 Å². The maximum Gasteiger partial charge on any atom is 0.0902 e. The third-order valence-electron chi connectivity index (χ3n) is 3.64. The van der Waals surface area contributed by atoms with Gasteiger partial charge in [-0.1, -0.05) is 90.1 Å². The van der Waals surface area contributed by atoms with Crippen LogP contribution in [0.25, 0.3) is 0 Å². The van der Waals surface area contributed by atoms with Crippen LogP contribution in [0.3, 0.4) is 0 Å². The van der Waals surface area contributed by atoms with Crippen molar-refractivity contribution < 1.29 is 4.42 Å². The van der Waals surface area contributed by atoms with Gasteiger partial charge in [0.15, 0.2) is 0 Å². The first-order valence-corrected chi connectivity index (χ1v) is 16.7. The lowest BCUT2D eigenvalue weighted by atomic mass is 10.4. The Kier molecular flexibility index (Phi) is 85.4. The van der Waals surface area contributed by atoms with Gasteiger partial charge in [0.05, 0.1) is 12.5 Å². The number of hydrogen-bond acceptors (Lipinski definition) is 2. The molecule has 0 unspecified atom stereocenters. The maximum atomic E-state index is 4.58. The highest BCUT2D eigenvalue weighted by Gasteiger charge is 1.60. The Morgan fingerprint density at radius 3 is 0.630 bits per heavy atom. The van der Waals surface area contributed by atoms with E-state index in [1.54, 1.807) is 23.9 Å². The fourth-order valence-corrected chi connectivity index (χ4v) is 2.35. The van der Waals surface area contributed by atoms with Crippen molar-refractivity contribution >= 4 is 11.3 Å². The molecule has 0 radical (unpaired) electrons. The van der Waals surface area contributed by atoms with Crippen LogP contribution in [0.5, 0.6) is 0 Å². The van der Waals surface area contributed by atoms with Gasteiger partial charge in [-0.3, -0.25) is 0 Å². The highest BCUT2D eigenvalue weighted by atomic mass is 32.1. The average Bonchev–Trinajstić information content (AvgIpc) is 3.87. The van der Waals surface area contributed by atoms with Crippen molar-refractivity contribution in [3.8, 4) is 71.0 Å². The molecule has 1 aromatic carbocycles. The van der Waals surface area contributed by atoms with Crippen LogP contribution in [0, 0.1) is 71.0 Å². The van der Waals surface area contributed by atoms with Crippen molar-refractivity contribution in [1.29, 1.82) is 0 Å². The van der Waals surface area contributed by atoms with E-state index >= 15 is 0 Å². The molecule has 0 amide bonds. The minimum atomic E-state index is 0.983. The molecule has 250 valence electrons. The van der Waals surface area contributed by atoms with Gasteiger partial charge < -0.3 is 4.42 Å². The topological polar surface area (TPSA) is 13.1 Å². The van der Waals surface area contributed by atoms with Crippen LogP contribution in [0.4, 0.5) is 0 Å². The quantitative estimate of drug-likeness (QED) is 0.223. The van der Waals surface area contributed by atoms with Gasteiger partial charge in [-0.2, -0.15) is 11.3 Å². The smallest absolute Gasteiger partial charge is 0.0902 e. The van der Waals surface area contributed by atoms with Crippen molar-refractivity contribution in [2.24, 2.45) is 0 Å². The Balaban J connectivity index is -0.0000000979. The van der Waals surface area contributed by atoms with Crippen molar-refractivity contribution in [3.05, 3.63) is 84.0 Å². The molecule has 0 fully saturated rings. The molecule has 0 spiro atoms. The van der Waals surface area contributed by atoms with Crippen molar-refractivity contribution in [2.75, 3.05) is 0 Å². The molecule has 2 heterocycles. The Hall–Kier alpha value is -4.44. The van der Waals surface area contributed by atoms with E-state index in [0.717, 1.165) is 38.5 Å². The summed E-state index contributed by atoms with van der Waals surface area (Å²) >= 11 is 1.71. The third-order valence-corrected chi connectivity index (χ3v) is 4.27. The molecule has 0 N–H and O–H groups in total. The Bertz CT molecular complexity index is 973. The van der Waals surface area contributed by atoms with Crippen LogP contribution in [-0.2, 0) is 0 Å². The average molecular weight is 639 g/mol.